The fourth-order valence-electron chi connectivity index (χ4n) is 1.14. The van der Waals surface area contributed by atoms with Crippen LogP contribution in [0.25, 0.3) is 0 Å². The van der Waals surface area contributed by atoms with Crippen molar-refractivity contribution >= 4 is 0 Å². The van der Waals surface area contributed by atoms with Gasteiger partial charge in [-0.3, -0.25) is 0 Å². The summed E-state index contributed by atoms with van der Waals surface area (Å²) < 4.78 is 0. The molecular weight excluding hydrogens is 160 g/mol. The summed E-state index contributed by atoms with van der Waals surface area (Å²) in [6, 6.07) is 0. The molecule has 0 aromatic heterocycles. The van der Waals surface area contributed by atoms with E-state index < -0.39 is 0 Å². The second-order valence-electron chi connectivity index (χ2n) is 3.36. The average Bonchev–Trinajstić information content (AvgIpc) is 2.16. The van der Waals surface area contributed by atoms with Gasteiger partial charge in [-0.1, -0.05) is 44.4 Å². The number of allylic oxidation sites excluding steroid dienone is 1. The van der Waals surface area contributed by atoms with E-state index in [1.807, 2.05) is 6.08 Å². The summed E-state index contributed by atoms with van der Waals surface area (Å²) in [5.74, 6) is 0. The van der Waals surface area contributed by atoms with E-state index in [2.05, 4.69) is 19.6 Å². The van der Waals surface area contributed by atoms with Crippen LogP contribution < -0.4 is 0 Å². The number of aliphatic hydroxyl groups excluding tert-OH is 1. The second kappa shape index (κ2) is 9.53. The molecule has 0 rings (SSSR count). The quantitative estimate of drug-likeness (QED) is 0.450. The van der Waals surface area contributed by atoms with Crippen molar-refractivity contribution in [2.24, 2.45) is 0 Å². The molecule has 1 N–H and O–H groups in total. The molecule has 76 valence electrons. The van der Waals surface area contributed by atoms with Crippen LogP contribution in [0.3, 0.4) is 0 Å². The Balaban J connectivity index is 3.16. The van der Waals surface area contributed by atoms with Crippen LogP contribution in [0.2, 0.25) is 0 Å². The van der Waals surface area contributed by atoms with Crippen LogP contribution in [0.15, 0.2) is 24.8 Å². The second-order valence-corrected chi connectivity index (χ2v) is 3.36. The fraction of sp³-hybridized carbons (Fsp3) is 0.667. The Bertz CT molecular complexity index is 138. The summed E-state index contributed by atoms with van der Waals surface area (Å²) in [7, 11) is 0. The molecule has 1 atom stereocenters. The van der Waals surface area contributed by atoms with E-state index >= 15 is 0 Å². The molecule has 0 fully saturated rings. The smallest absolute Gasteiger partial charge is 0.0752 e. The Kier molecular flexibility index (Phi) is 9.12. The highest BCUT2D eigenvalue weighted by molar-refractivity contribution is 4.89. The van der Waals surface area contributed by atoms with Gasteiger partial charge in [0.05, 0.1) is 6.10 Å². The van der Waals surface area contributed by atoms with Gasteiger partial charge in [-0.15, -0.1) is 6.58 Å². The molecule has 0 amide bonds. The van der Waals surface area contributed by atoms with Crippen LogP contribution in [-0.2, 0) is 0 Å². The highest BCUT2D eigenvalue weighted by Gasteiger charge is 1.91. The first-order chi connectivity index (χ1) is 6.31. The fourth-order valence-corrected chi connectivity index (χ4v) is 1.14. The van der Waals surface area contributed by atoms with E-state index in [1.165, 1.54) is 25.7 Å². The van der Waals surface area contributed by atoms with Gasteiger partial charge >= 0.3 is 0 Å². The SMILES string of the molecule is C=C[C@@H](O)C/C=C/CCCCCC. The Morgan fingerprint density at radius 2 is 2.00 bits per heavy atom. The van der Waals surface area contributed by atoms with Crippen molar-refractivity contribution in [1.82, 2.24) is 0 Å². The van der Waals surface area contributed by atoms with Crippen molar-refractivity contribution in [2.45, 2.75) is 51.6 Å². The first kappa shape index (κ1) is 12.4. The van der Waals surface area contributed by atoms with Gasteiger partial charge < -0.3 is 5.11 Å². The lowest BCUT2D eigenvalue weighted by Gasteiger charge is -1.98. The Hall–Kier alpha value is -0.560. The van der Waals surface area contributed by atoms with Crippen LogP contribution in [0, 0.1) is 0 Å². The van der Waals surface area contributed by atoms with Crippen molar-refractivity contribution < 1.29 is 5.11 Å². The van der Waals surface area contributed by atoms with Crippen LogP contribution in [0.1, 0.15) is 45.4 Å². The van der Waals surface area contributed by atoms with Gasteiger partial charge in [0, 0.05) is 0 Å². The molecule has 13 heavy (non-hydrogen) atoms. The average molecular weight is 182 g/mol. The summed E-state index contributed by atoms with van der Waals surface area (Å²) in [6.07, 6.45) is 12.5. The van der Waals surface area contributed by atoms with Crippen molar-refractivity contribution in [1.29, 1.82) is 0 Å². The lowest BCUT2D eigenvalue weighted by atomic mass is 10.1. The summed E-state index contributed by atoms with van der Waals surface area (Å²) >= 11 is 0. The van der Waals surface area contributed by atoms with E-state index in [1.54, 1.807) is 6.08 Å². The van der Waals surface area contributed by atoms with Crippen molar-refractivity contribution in [2.75, 3.05) is 0 Å². The van der Waals surface area contributed by atoms with Crippen LogP contribution in [-0.4, -0.2) is 11.2 Å². The van der Waals surface area contributed by atoms with Crippen molar-refractivity contribution in [3.63, 3.8) is 0 Å². The van der Waals surface area contributed by atoms with Crippen LogP contribution in [0.4, 0.5) is 0 Å². The summed E-state index contributed by atoms with van der Waals surface area (Å²) in [6.45, 7) is 5.73. The predicted octanol–water partition coefficient (Wildman–Crippen LogP) is 3.45. The first-order valence-electron chi connectivity index (χ1n) is 5.26. The van der Waals surface area contributed by atoms with Crippen LogP contribution >= 0.6 is 0 Å². The third-order valence-corrected chi connectivity index (χ3v) is 2.04. The third-order valence-electron chi connectivity index (χ3n) is 2.04. The number of hydrogen-bond acceptors (Lipinski definition) is 1. The van der Waals surface area contributed by atoms with E-state index in [-0.39, 0.29) is 6.10 Å². The molecule has 1 heteroatoms. The number of aliphatic hydroxyl groups is 1. The molecule has 0 unspecified atom stereocenters. The van der Waals surface area contributed by atoms with Crippen molar-refractivity contribution in [3.05, 3.63) is 24.8 Å². The normalized spacial score (nSPS) is 13.4. The topological polar surface area (TPSA) is 20.2 Å². The van der Waals surface area contributed by atoms with Crippen molar-refractivity contribution in [3.8, 4) is 0 Å². The molecular formula is C12H22O. The van der Waals surface area contributed by atoms with E-state index in [0.717, 1.165) is 6.42 Å². The van der Waals surface area contributed by atoms with Gasteiger partial charge in [-0.2, -0.15) is 0 Å². The van der Waals surface area contributed by atoms with E-state index in [9.17, 15) is 0 Å². The number of unbranched alkanes of at least 4 members (excludes halogenated alkanes) is 4. The molecule has 0 aliphatic heterocycles. The first-order valence-corrected chi connectivity index (χ1v) is 5.26. The molecule has 0 aliphatic rings. The molecule has 0 saturated heterocycles. The Morgan fingerprint density at radius 3 is 2.62 bits per heavy atom. The van der Waals surface area contributed by atoms with Crippen LogP contribution in [0.5, 0.6) is 0 Å². The molecule has 0 spiro atoms. The molecule has 0 radical (unpaired) electrons. The van der Waals surface area contributed by atoms with Gasteiger partial charge in [0.15, 0.2) is 0 Å². The molecule has 0 aromatic rings. The zero-order chi connectivity index (χ0) is 9.94. The largest absolute Gasteiger partial charge is 0.389 e. The maximum atomic E-state index is 9.13. The minimum absolute atomic E-state index is 0.369. The number of rotatable bonds is 8. The zero-order valence-corrected chi connectivity index (χ0v) is 8.71. The Morgan fingerprint density at radius 1 is 1.23 bits per heavy atom. The molecule has 1 nitrogen and oxygen atoms in total. The molecule has 0 aliphatic carbocycles. The van der Waals surface area contributed by atoms with E-state index in [0.29, 0.717) is 6.42 Å². The highest BCUT2D eigenvalue weighted by Crippen LogP contribution is 2.03. The predicted molar refractivity (Wildman–Crippen MR) is 58.7 cm³/mol. The minimum Gasteiger partial charge on any atom is -0.389 e. The summed E-state index contributed by atoms with van der Waals surface area (Å²) in [4.78, 5) is 0. The zero-order valence-electron chi connectivity index (χ0n) is 8.71. The maximum absolute atomic E-state index is 9.13. The van der Waals surface area contributed by atoms with Gasteiger partial charge in [0.25, 0.3) is 0 Å². The van der Waals surface area contributed by atoms with E-state index in [4.69, 9.17) is 5.11 Å². The minimum atomic E-state index is -0.369. The monoisotopic (exact) mass is 182 g/mol. The lowest BCUT2D eigenvalue weighted by Crippen LogP contribution is -1.97. The maximum Gasteiger partial charge on any atom is 0.0752 e. The van der Waals surface area contributed by atoms with Gasteiger partial charge in [0.2, 0.25) is 0 Å². The third kappa shape index (κ3) is 9.35. The molecule has 0 saturated carbocycles. The Labute approximate surface area is 82.2 Å². The summed E-state index contributed by atoms with van der Waals surface area (Å²) in [5.41, 5.74) is 0. The summed E-state index contributed by atoms with van der Waals surface area (Å²) in [5, 5.41) is 9.13. The molecule has 0 heterocycles. The standard InChI is InChI=1S/C12H22O/c1-3-5-6-7-8-9-10-11-12(13)4-2/h4,9-10,12-13H,2-3,5-8,11H2,1H3/b10-9+/t12-/m1/s1. The molecule has 0 bridgehead atoms. The van der Waals surface area contributed by atoms with Gasteiger partial charge in [0.1, 0.15) is 0 Å². The highest BCUT2D eigenvalue weighted by atomic mass is 16.3. The van der Waals surface area contributed by atoms with Gasteiger partial charge in [-0.05, 0) is 19.3 Å². The lowest BCUT2D eigenvalue weighted by molar-refractivity contribution is 0.227. The van der Waals surface area contributed by atoms with Gasteiger partial charge in [-0.25, -0.2) is 0 Å². The number of hydrogen-bond donors (Lipinski definition) is 1. The molecule has 0 aromatic carbocycles.